The molecule has 0 unspecified atom stereocenters. The van der Waals surface area contributed by atoms with Crippen molar-refractivity contribution in [3.05, 3.63) is 53.7 Å². The Morgan fingerprint density at radius 2 is 1.88 bits per heavy atom. The van der Waals surface area contributed by atoms with E-state index in [1.807, 2.05) is 31.2 Å². The van der Waals surface area contributed by atoms with Crippen LogP contribution in [-0.4, -0.2) is 28.9 Å². The predicted octanol–water partition coefficient (Wildman–Crippen LogP) is 4.42. The minimum absolute atomic E-state index is 0.321. The van der Waals surface area contributed by atoms with Gasteiger partial charge in [0.05, 0.1) is 25.6 Å². The van der Waals surface area contributed by atoms with Crippen molar-refractivity contribution in [2.75, 3.05) is 24.4 Å². The second-order valence-electron chi connectivity index (χ2n) is 5.22. The van der Waals surface area contributed by atoms with Crippen molar-refractivity contribution in [1.82, 2.24) is 15.2 Å². The molecule has 134 valence electrons. The van der Waals surface area contributed by atoms with Gasteiger partial charge in [-0.05, 0) is 49.4 Å². The smallest absolute Gasteiger partial charge is 0.249 e. The second-order valence-corrected chi connectivity index (χ2v) is 5.65. The van der Waals surface area contributed by atoms with Crippen molar-refractivity contribution >= 4 is 34.7 Å². The number of rotatable bonds is 7. The average Bonchev–Trinajstić information content (AvgIpc) is 2.64. The molecular formula is C18H18ClN5O2. The fraction of sp³-hybridized carbons (Fsp3) is 0.167. The molecule has 26 heavy (non-hydrogen) atoms. The van der Waals surface area contributed by atoms with Crippen molar-refractivity contribution in [2.45, 2.75) is 6.92 Å². The molecule has 0 atom stereocenters. The van der Waals surface area contributed by atoms with Crippen molar-refractivity contribution in [2.24, 2.45) is 0 Å². The normalized spacial score (nSPS) is 10.3. The van der Waals surface area contributed by atoms with E-state index in [-0.39, 0.29) is 0 Å². The minimum Gasteiger partial charge on any atom is -0.495 e. The quantitative estimate of drug-likeness (QED) is 0.636. The summed E-state index contributed by atoms with van der Waals surface area (Å²) in [7, 11) is 1.58. The number of halogens is 1. The molecule has 3 rings (SSSR count). The molecule has 0 spiro atoms. The third-order valence-electron chi connectivity index (χ3n) is 3.40. The van der Waals surface area contributed by atoms with Gasteiger partial charge in [-0.1, -0.05) is 11.6 Å². The first-order chi connectivity index (χ1) is 12.7. The van der Waals surface area contributed by atoms with Crippen LogP contribution in [0.2, 0.25) is 5.02 Å². The molecule has 0 aliphatic heterocycles. The van der Waals surface area contributed by atoms with Crippen molar-refractivity contribution in [3.8, 4) is 11.5 Å². The summed E-state index contributed by atoms with van der Waals surface area (Å²) in [4.78, 5) is 4.40. The van der Waals surface area contributed by atoms with Crippen LogP contribution in [0.4, 0.5) is 23.1 Å². The maximum Gasteiger partial charge on any atom is 0.249 e. The van der Waals surface area contributed by atoms with Crippen LogP contribution in [0, 0.1) is 0 Å². The summed E-state index contributed by atoms with van der Waals surface area (Å²) in [6.07, 6.45) is 1.54. The van der Waals surface area contributed by atoms with E-state index in [1.165, 1.54) is 6.20 Å². The Bertz CT molecular complexity index is 874. The van der Waals surface area contributed by atoms with Gasteiger partial charge < -0.3 is 20.1 Å². The van der Waals surface area contributed by atoms with E-state index in [1.54, 1.807) is 25.3 Å². The van der Waals surface area contributed by atoms with E-state index in [0.29, 0.717) is 34.8 Å². The van der Waals surface area contributed by atoms with Crippen molar-refractivity contribution < 1.29 is 9.47 Å². The van der Waals surface area contributed by atoms with E-state index in [4.69, 9.17) is 21.1 Å². The molecule has 8 heteroatoms. The SMILES string of the molecule is CCOc1ccc(Nc2cnnc(Nc3cc(Cl)ccc3OC)n2)cc1. The molecule has 1 aromatic heterocycles. The Hall–Kier alpha value is -3.06. The molecule has 0 bridgehead atoms. The summed E-state index contributed by atoms with van der Waals surface area (Å²) in [5, 5.41) is 14.8. The topological polar surface area (TPSA) is 81.2 Å². The highest BCUT2D eigenvalue weighted by Crippen LogP contribution is 2.29. The van der Waals surface area contributed by atoms with Crippen LogP contribution >= 0.6 is 11.6 Å². The number of hydrogen-bond donors (Lipinski definition) is 2. The number of aromatic nitrogens is 3. The van der Waals surface area contributed by atoms with Gasteiger partial charge in [0, 0.05) is 10.7 Å². The number of nitrogens with one attached hydrogen (secondary N) is 2. The number of nitrogens with zero attached hydrogens (tertiary/aromatic N) is 3. The van der Waals surface area contributed by atoms with Gasteiger partial charge >= 0.3 is 0 Å². The molecule has 3 aromatic rings. The molecule has 2 N–H and O–H groups in total. The summed E-state index contributed by atoms with van der Waals surface area (Å²) < 4.78 is 10.7. The Morgan fingerprint density at radius 1 is 1.08 bits per heavy atom. The maximum absolute atomic E-state index is 6.04. The second kappa shape index (κ2) is 8.35. The zero-order valence-corrected chi connectivity index (χ0v) is 15.1. The zero-order chi connectivity index (χ0) is 18.4. The summed E-state index contributed by atoms with van der Waals surface area (Å²) in [5.74, 6) is 2.31. The molecule has 0 fully saturated rings. The Balaban J connectivity index is 1.75. The lowest BCUT2D eigenvalue weighted by atomic mass is 10.3. The van der Waals surface area contributed by atoms with E-state index in [2.05, 4.69) is 25.8 Å². The zero-order valence-electron chi connectivity index (χ0n) is 14.4. The van der Waals surface area contributed by atoms with Gasteiger partial charge in [0.25, 0.3) is 0 Å². The summed E-state index contributed by atoms with van der Waals surface area (Å²) in [6, 6.07) is 12.8. The molecule has 0 radical (unpaired) electrons. The molecule has 0 aliphatic rings. The fourth-order valence-electron chi connectivity index (χ4n) is 2.26. The number of anilines is 4. The van der Waals surface area contributed by atoms with Crippen LogP contribution in [0.25, 0.3) is 0 Å². The third kappa shape index (κ3) is 4.52. The Kier molecular flexibility index (Phi) is 5.70. The monoisotopic (exact) mass is 371 g/mol. The summed E-state index contributed by atoms with van der Waals surface area (Å²) in [6.45, 7) is 2.58. The van der Waals surface area contributed by atoms with E-state index in [0.717, 1.165) is 11.4 Å². The van der Waals surface area contributed by atoms with Gasteiger partial charge in [0.2, 0.25) is 5.95 Å². The van der Waals surface area contributed by atoms with E-state index >= 15 is 0 Å². The maximum atomic E-state index is 6.04. The first-order valence-electron chi connectivity index (χ1n) is 7.98. The van der Waals surface area contributed by atoms with E-state index < -0.39 is 0 Å². The summed E-state index contributed by atoms with van der Waals surface area (Å²) in [5.41, 5.74) is 1.51. The predicted molar refractivity (Wildman–Crippen MR) is 102 cm³/mol. The highest BCUT2D eigenvalue weighted by molar-refractivity contribution is 6.31. The molecule has 0 aliphatic carbocycles. The molecule has 0 amide bonds. The molecule has 7 nitrogen and oxygen atoms in total. The lowest BCUT2D eigenvalue weighted by molar-refractivity contribution is 0.340. The van der Waals surface area contributed by atoms with Gasteiger partial charge in [-0.3, -0.25) is 0 Å². The highest BCUT2D eigenvalue weighted by atomic mass is 35.5. The first-order valence-corrected chi connectivity index (χ1v) is 8.36. The summed E-state index contributed by atoms with van der Waals surface area (Å²) >= 11 is 6.04. The van der Waals surface area contributed by atoms with Crippen LogP contribution in [0.15, 0.2) is 48.7 Å². The molecular weight excluding hydrogens is 354 g/mol. The number of hydrogen-bond acceptors (Lipinski definition) is 7. The van der Waals surface area contributed by atoms with Crippen LogP contribution in [0.3, 0.4) is 0 Å². The minimum atomic E-state index is 0.321. The van der Waals surface area contributed by atoms with Gasteiger partial charge in [0.15, 0.2) is 5.82 Å². The largest absolute Gasteiger partial charge is 0.495 e. The molecule has 2 aromatic carbocycles. The lowest BCUT2D eigenvalue weighted by Gasteiger charge is -2.11. The van der Waals surface area contributed by atoms with Gasteiger partial charge in [-0.15, -0.1) is 5.10 Å². The molecule has 0 saturated heterocycles. The van der Waals surface area contributed by atoms with E-state index in [9.17, 15) is 0 Å². The number of ether oxygens (including phenoxy) is 2. The third-order valence-corrected chi connectivity index (χ3v) is 3.64. The Labute approximate surface area is 156 Å². The van der Waals surface area contributed by atoms with Crippen LogP contribution in [0.5, 0.6) is 11.5 Å². The highest BCUT2D eigenvalue weighted by Gasteiger charge is 2.07. The van der Waals surface area contributed by atoms with Gasteiger partial charge in [-0.25, -0.2) is 0 Å². The Morgan fingerprint density at radius 3 is 2.62 bits per heavy atom. The van der Waals surface area contributed by atoms with Crippen molar-refractivity contribution in [3.63, 3.8) is 0 Å². The van der Waals surface area contributed by atoms with Crippen LogP contribution in [0.1, 0.15) is 6.92 Å². The first kappa shape index (κ1) is 17.8. The molecule has 1 heterocycles. The van der Waals surface area contributed by atoms with Gasteiger partial charge in [-0.2, -0.15) is 10.1 Å². The standard InChI is InChI=1S/C18H18ClN5O2/c1-3-26-14-7-5-13(6-8-14)21-17-11-20-24-18(23-17)22-15-10-12(19)4-9-16(15)25-2/h4-11H,3H2,1-2H3,(H2,21,22,23,24). The van der Waals surface area contributed by atoms with Crippen molar-refractivity contribution in [1.29, 1.82) is 0 Å². The van der Waals surface area contributed by atoms with Crippen LogP contribution in [-0.2, 0) is 0 Å². The number of methoxy groups -OCH3 is 1. The van der Waals surface area contributed by atoms with Gasteiger partial charge in [0.1, 0.15) is 11.5 Å². The van der Waals surface area contributed by atoms with Crippen LogP contribution < -0.4 is 20.1 Å². The number of benzene rings is 2. The molecule has 0 saturated carbocycles. The average molecular weight is 372 g/mol. The fourth-order valence-corrected chi connectivity index (χ4v) is 2.44. The lowest BCUT2D eigenvalue weighted by Crippen LogP contribution is -2.03.